The van der Waals surface area contributed by atoms with Gasteiger partial charge in [0.2, 0.25) is 0 Å². The fourth-order valence-corrected chi connectivity index (χ4v) is 1.67. The molecule has 0 aliphatic heterocycles. The van der Waals surface area contributed by atoms with Gasteiger partial charge in [0.1, 0.15) is 6.10 Å². The summed E-state index contributed by atoms with van der Waals surface area (Å²) in [5, 5.41) is 38.7. The molecule has 1 aromatic rings. The Morgan fingerprint density at radius 3 is 2.65 bits per heavy atom. The summed E-state index contributed by atoms with van der Waals surface area (Å²) in [5.41, 5.74) is -0.265. The van der Waals surface area contributed by atoms with Crippen molar-refractivity contribution >= 4 is 21.6 Å². The maximum Gasteiger partial charge on any atom is 0.276 e. The largest absolute Gasteiger partial charge is 0.389 e. The smallest absolute Gasteiger partial charge is 0.276 e. The molecule has 0 saturated heterocycles. The third kappa shape index (κ3) is 3.00. The van der Waals surface area contributed by atoms with Crippen LogP contribution in [0.15, 0.2) is 18.2 Å². The Bertz CT molecular complexity index is 472. The molecule has 0 aromatic heterocycles. The van der Waals surface area contributed by atoms with E-state index in [2.05, 4.69) is 15.9 Å². The Morgan fingerprint density at radius 1 is 1.53 bits per heavy atom. The fraction of sp³-hybridized carbons (Fsp3) is 0.300. The maximum atomic E-state index is 10.8. The lowest BCUT2D eigenvalue weighted by Crippen LogP contribution is -2.20. The Labute approximate surface area is 105 Å². The Morgan fingerprint density at radius 2 is 2.18 bits per heavy atom. The number of nitro groups is 1. The predicted octanol–water partition coefficient (Wildman–Crippen LogP) is 1.26. The molecule has 0 saturated carbocycles. The van der Waals surface area contributed by atoms with Gasteiger partial charge in [-0.1, -0.05) is 15.9 Å². The molecular formula is C10H9BrN2O4. The van der Waals surface area contributed by atoms with Crippen molar-refractivity contribution in [3.63, 3.8) is 0 Å². The summed E-state index contributed by atoms with van der Waals surface area (Å²) in [4.78, 5) is 10.1. The van der Waals surface area contributed by atoms with Crippen LogP contribution < -0.4 is 0 Å². The van der Waals surface area contributed by atoms with Gasteiger partial charge in [0.25, 0.3) is 5.69 Å². The second-order valence-electron chi connectivity index (χ2n) is 3.31. The van der Waals surface area contributed by atoms with Crippen LogP contribution in [0, 0.1) is 21.4 Å². The van der Waals surface area contributed by atoms with Gasteiger partial charge in [-0.2, -0.15) is 5.26 Å². The minimum atomic E-state index is -1.37. The lowest BCUT2D eigenvalue weighted by atomic mass is 10.0. The molecule has 1 aromatic carbocycles. The van der Waals surface area contributed by atoms with Crippen molar-refractivity contribution < 1.29 is 15.1 Å². The van der Waals surface area contributed by atoms with Gasteiger partial charge in [0.05, 0.1) is 28.2 Å². The van der Waals surface area contributed by atoms with Crippen LogP contribution in [0.5, 0.6) is 0 Å². The first-order chi connectivity index (χ1) is 8.01. The van der Waals surface area contributed by atoms with Crippen LogP contribution in [0.1, 0.15) is 17.2 Å². The number of rotatable bonds is 4. The Balaban J connectivity index is 3.24. The number of nitro benzene ring substituents is 1. The molecule has 0 amide bonds. The van der Waals surface area contributed by atoms with Crippen LogP contribution >= 0.6 is 15.9 Å². The first-order valence-corrected chi connectivity index (χ1v) is 5.74. The first kappa shape index (κ1) is 13.6. The van der Waals surface area contributed by atoms with Gasteiger partial charge in [-0.25, -0.2) is 0 Å². The van der Waals surface area contributed by atoms with Gasteiger partial charge < -0.3 is 10.2 Å². The highest BCUT2D eigenvalue weighted by molar-refractivity contribution is 9.09. The zero-order valence-electron chi connectivity index (χ0n) is 8.58. The van der Waals surface area contributed by atoms with Crippen LogP contribution in [0.2, 0.25) is 0 Å². The monoisotopic (exact) mass is 300 g/mol. The van der Waals surface area contributed by atoms with E-state index in [1.165, 1.54) is 12.1 Å². The van der Waals surface area contributed by atoms with Crippen molar-refractivity contribution in [3.05, 3.63) is 39.4 Å². The normalized spacial score (nSPS) is 13.8. The summed E-state index contributed by atoms with van der Waals surface area (Å²) in [5.74, 6) is 0. The number of aliphatic hydroxyl groups is 2. The van der Waals surface area contributed by atoms with Crippen molar-refractivity contribution in [2.45, 2.75) is 12.2 Å². The number of aliphatic hydroxyl groups excluding tert-OH is 2. The van der Waals surface area contributed by atoms with Gasteiger partial charge in [-0.3, -0.25) is 10.1 Å². The third-order valence-electron chi connectivity index (χ3n) is 2.20. The van der Waals surface area contributed by atoms with Crippen molar-refractivity contribution in [2.24, 2.45) is 0 Å². The van der Waals surface area contributed by atoms with E-state index in [-0.39, 0.29) is 22.1 Å². The highest BCUT2D eigenvalue weighted by atomic mass is 79.9. The lowest BCUT2D eigenvalue weighted by Gasteiger charge is -2.15. The number of nitrogens with zero attached hydrogens (tertiary/aromatic N) is 2. The number of alkyl halides is 1. The van der Waals surface area contributed by atoms with E-state index in [1.807, 2.05) is 0 Å². The molecule has 6 nitrogen and oxygen atoms in total. The van der Waals surface area contributed by atoms with E-state index in [1.54, 1.807) is 6.07 Å². The first-order valence-electron chi connectivity index (χ1n) is 4.61. The van der Waals surface area contributed by atoms with Gasteiger partial charge in [-0.05, 0) is 12.1 Å². The van der Waals surface area contributed by atoms with Gasteiger partial charge in [0.15, 0.2) is 0 Å². The number of benzene rings is 1. The van der Waals surface area contributed by atoms with E-state index in [9.17, 15) is 20.3 Å². The zero-order valence-corrected chi connectivity index (χ0v) is 10.2. The zero-order chi connectivity index (χ0) is 13.0. The van der Waals surface area contributed by atoms with Gasteiger partial charge >= 0.3 is 0 Å². The van der Waals surface area contributed by atoms with E-state index in [0.717, 1.165) is 6.07 Å². The van der Waals surface area contributed by atoms with Crippen molar-refractivity contribution in [1.29, 1.82) is 5.26 Å². The number of hydrogen-bond donors (Lipinski definition) is 2. The predicted molar refractivity (Wildman–Crippen MR) is 62.6 cm³/mol. The third-order valence-corrected chi connectivity index (χ3v) is 2.86. The van der Waals surface area contributed by atoms with Gasteiger partial charge in [0, 0.05) is 11.4 Å². The molecular weight excluding hydrogens is 292 g/mol. The van der Waals surface area contributed by atoms with Crippen LogP contribution in [-0.2, 0) is 0 Å². The Hall–Kier alpha value is -1.49. The average Bonchev–Trinajstić information content (AvgIpc) is 2.35. The molecule has 0 aliphatic rings. The molecule has 90 valence electrons. The molecule has 0 aliphatic carbocycles. The highest BCUT2D eigenvalue weighted by Gasteiger charge is 2.25. The minimum Gasteiger partial charge on any atom is -0.389 e. The summed E-state index contributed by atoms with van der Waals surface area (Å²) >= 11 is 2.97. The van der Waals surface area contributed by atoms with Crippen LogP contribution in [0.4, 0.5) is 5.69 Å². The molecule has 0 radical (unpaired) electrons. The van der Waals surface area contributed by atoms with E-state index in [0.29, 0.717) is 0 Å². The lowest BCUT2D eigenvalue weighted by molar-refractivity contribution is -0.386. The standard InChI is InChI=1S/C10H9BrN2O4/c11-4-9(14)10(15)7-2-1-6(5-12)3-8(7)13(16)17/h1-3,9-10,14-15H,4H2. The van der Waals surface area contributed by atoms with E-state index >= 15 is 0 Å². The molecule has 0 fully saturated rings. The molecule has 7 heteroatoms. The molecule has 1 rings (SSSR count). The highest BCUT2D eigenvalue weighted by Crippen LogP contribution is 2.28. The van der Waals surface area contributed by atoms with Crippen LogP contribution in [0.3, 0.4) is 0 Å². The quantitative estimate of drug-likeness (QED) is 0.494. The van der Waals surface area contributed by atoms with Crippen LogP contribution in [0.25, 0.3) is 0 Å². The van der Waals surface area contributed by atoms with Crippen molar-refractivity contribution in [1.82, 2.24) is 0 Å². The summed E-state index contributed by atoms with van der Waals surface area (Å²) in [6.07, 6.45) is -2.52. The SMILES string of the molecule is N#Cc1ccc(C(O)C(O)CBr)c([N+](=O)[O-])c1. The summed E-state index contributed by atoms with van der Waals surface area (Å²) in [6, 6.07) is 5.47. The number of hydrogen-bond acceptors (Lipinski definition) is 5. The van der Waals surface area contributed by atoms with E-state index < -0.39 is 17.1 Å². The summed E-state index contributed by atoms with van der Waals surface area (Å²) < 4.78 is 0. The molecule has 0 bridgehead atoms. The molecule has 2 atom stereocenters. The molecule has 17 heavy (non-hydrogen) atoms. The molecule has 0 heterocycles. The van der Waals surface area contributed by atoms with Crippen molar-refractivity contribution in [2.75, 3.05) is 5.33 Å². The topological polar surface area (TPSA) is 107 Å². The van der Waals surface area contributed by atoms with Crippen molar-refractivity contribution in [3.8, 4) is 6.07 Å². The maximum absolute atomic E-state index is 10.8. The van der Waals surface area contributed by atoms with Crippen LogP contribution in [-0.4, -0.2) is 26.6 Å². The molecule has 2 N–H and O–H groups in total. The Kier molecular flexibility index (Phi) is 4.57. The van der Waals surface area contributed by atoms with E-state index in [4.69, 9.17) is 5.26 Å². The summed E-state index contributed by atoms with van der Waals surface area (Å²) in [7, 11) is 0. The average molecular weight is 301 g/mol. The summed E-state index contributed by atoms with van der Waals surface area (Å²) in [6.45, 7) is 0. The second-order valence-corrected chi connectivity index (χ2v) is 3.96. The molecule has 2 unspecified atom stereocenters. The fourth-order valence-electron chi connectivity index (χ4n) is 1.31. The minimum absolute atomic E-state index is 0.0130. The molecule has 0 spiro atoms. The number of halogens is 1. The van der Waals surface area contributed by atoms with Gasteiger partial charge in [-0.15, -0.1) is 0 Å². The number of nitriles is 1. The second kappa shape index (κ2) is 5.72.